The van der Waals surface area contributed by atoms with Crippen LogP contribution in [-0.2, 0) is 13.0 Å². The Bertz CT molecular complexity index is 640. The number of hydrogen-bond acceptors (Lipinski definition) is 4. The molecule has 4 heteroatoms. The van der Waals surface area contributed by atoms with Gasteiger partial charge in [0.05, 0.1) is 24.2 Å². The summed E-state index contributed by atoms with van der Waals surface area (Å²) in [5.41, 5.74) is 4.19. The van der Waals surface area contributed by atoms with Crippen LogP contribution in [0.1, 0.15) is 43.3 Å². The van der Waals surface area contributed by atoms with Gasteiger partial charge in [-0.05, 0) is 24.5 Å². The van der Waals surface area contributed by atoms with Crippen LogP contribution >= 0.6 is 0 Å². The first-order chi connectivity index (χ1) is 10.2. The first-order valence-electron chi connectivity index (χ1n) is 7.53. The van der Waals surface area contributed by atoms with E-state index in [0.29, 0.717) is 5.69 Å². The number of aliphatic hydroxyl groups excluding tert-OH is 1. The number of hydrogen-bond donors (Lipinski definition) is 1. The zero-order valence-electron chi connectivity index (χ0n) is 12.6. The third-order valence-corrected chi connectivity index (χ3v) is 3.93. The molecule has 3 rings (SSSR count). The molecule has 0 unspecified atom stereocenters. The van der Waals surface area contributed by atoms with Crippen molar-refractivity contribution in [3.8, 4) is 0 Å². The van der Waals surface area contributed by atoms with Gasteiger partial charge in [0.15, 0.2) is 0 Å². The Morgan fingerprint density at radius 1 is 1.24 bits per heavy atom. The number of benzene rings is 1. The first-order valence-corrected chi connectivity index (χ1v) is 7.53. The fraction of sp³-hybridized carbons (Fsp3) is 0.412. The second-order valence-corrected chi connectivity index (χ2v) is 5.76. The van der Waals surface area contributed by atoms with Gasteiger partial charge in [-0.15, -0.1) is 0 Å². The molecule has 2 aromatic rings. The average molecular weight is 283 g/mol. The molecule has 110 valence electrons. The standard InChI is InChI=1S/C17H21N3O/c1-12(2)17-18-10-16(14(11-21)19-17)20-9-5-7-13-6-3-4-8-15(13)20/h3-4,6,8,10,12,21H,5,7,9,11H2,1-2H3. The van der Waals surface area contributed by atoms with Gasteiger partial charge < -0.3 is 10.0 Å². The van der Waals surface area contributed by atoms with Crippen LogP contribution in [0.2, 0.25) is 0 Å². The predicted octanol–water partition coefficient (Wildman–Crippen LogP) is 3.18. The minimum Gasteiger partial charge on any atom is -0.390 e. The molecule has 0 radical (unpaired) electrons. The first kappa shape index (κ1) is 14.0. The minimum absolute atomic E-state index is 0.0593. The van der Waals surface area contributed by atoms with E-state index in [1.54, 1.807) is 0 Å². The normalized spacial score (nSPS) is 14.4. The molecule has 0 amide bonds. The molecule has 0 atom stereocenters. The summed E-state index contributed by atoms with van der Waals surface area (Å²) in [5.74, 6) is 1.05. The van der Waals surface area contributed by atoms with Crippen LogP contribution in [0.4, 0.5) is 11.4 Å². The molecular formula is C17H21N3O. The van der Waals surface area contributed by atoms with Gasteiger partial charge in [0.1, 0.15) is 5.82 Å². The number of aliphatic hydroxyl groups is 1. The summed E-state index contributed by atoms with van der Waals surface area (Å²) < 4.78 is 0. The molecule has 0 saturated carbocycles. The smallest absolute Gasteiger partial charge is 0.131 e. The molecule has 1 aromatic carbocycles. The second-order valence-electron chi connectivity index (χ2n) is 5.76. The van der Waals surface area contributed by atoms with Crippen LogP contribution in [0.5, 0.6) is 0 Å². The summed E-state index contributed by atoms with van der Waals surface area (Å²) in [6.45, 7) is 5.00. The Hall–Kier alpha value is -1.94. The number of anilines is 2. The summed E-state index contributed by atoms with van der Waals surface area (Å²) in [6.07, 6.45) is 4.07. The maximum Gasteiger partial charge on any atom is 0.131 e. The van der Waals surface area contributed by atoms with Crippen molar-refractivity contribution in [1.29, 1.82) is 0 Å². The fourth-order valence-corrected chi connectivity index (χ4v) is 2.83. The van der Waals surface area contributed by atoms with E-state index in [2.05, 4.69) is 53.0 Å². The lowest BCUT2D eigenvalue weighted by atomic mass is 10.0. The third kappa shape index (κ3) is 2.63. The molecule has 1 aliphatic heterocycles. The van der Waals surface area contributed by atoms with Crippen LogP contribution in [0.25, 0.3) is 0 Å². The molecule has 1 aromatic heterocycles. The zero-order valence-corrected chi connectivity index (χ0v) is 12.6. The summed E-state index contributed by atoms with van der Waals surface area (Å²) >= 11 is 0. The van der Waals surface area contributed by atoms with Gasteiger partial charge in [-0.25, -0.2) is 9.97 Å². The number of rotatable bonds is 3. The number of aromatic nitrogens is 2. The SMILES string of the molecule is CC(C)c1ncc(N2CCCc3ccccc32)c(CO)n1. The lowest BCUT2D eigenvalue weighted by molar-refractivity contribution is 0.276. The molecule has 21 heavy (non-hydrogen) atoms. The van der Waals surface area contributed by atoms with E-state index in [1.807, 2.05) is 6.20 Å². The van der Waals surface area contributed by atoms with Crippen molar-refractivity contribution >= 4 is 11.4 Å². The largest absolute Gasteiger partial charge is 0.390 e. The van der Waals surface area contributed by atoms with Gasteiger partial charge in [0.2, 0.25) is 0 Å². The highest BCUT2D eigenvalue weighted by Gasteiger charge is 2.21. The van der Waals surface area contributed by atoms with E-state index in [1.165, 1.54) is 11.3 Å². The van der Waals surface area contributed by atoms with E-state index < -0.39 is 0 Å². The Morgan fingerprint density at radius 3 is 2.81 bits per heavy atom. The van der Waals surface area contributed by atoms with Crippen molar-refractivity contribution in [2.75, 3.05) is 11.4 Å². The Kier molecular flexibility index (Phi) is 3.88. The number of nitrogens with zero attached hydrogens (tertiary/aromatic N) is 3. The Balaban J connectivity index is 2.05. The van der Waals surface area contributed by atoms with Crippen LogP contribution in [0.3, 0.4) is 0 Å². The van der Waals surface area contributed by atoms with Gasteiger partial charge in [-0.3, -0.25) is 0 Å². The highest BCUT2D eigenvalue weighted by molar-refractivity contribution is 5.68. The Labute approximate surface area is 125 Å². The highest BCUT2D eigenvalue weighted by atomic mass is 16.3. The van der Waals surface area contributed by atoms with Gasteiger partial charge in [-0.2, -0.15) is 0 Å². The highest BCUT2D eigenvalue weighted by Crippen LogP contribution is 2.34. The van der Waals surface area contributed by atoms with Gasteiger partial charge in [0, 0.05) is 18.2 Å². The summed E-state index contributed by atoms with van der Waals surface area (Å²) in [5, 5.41) is 9.69. The van der Waals surface area contributed by atoms with Crippen molar-refractivity contribution in [3.05, 3.63) is 47.5 Å². The molecule has 0 fully saturated rings. The predicted molar refractivity (Wildman–Crippen MR) is 83.8 cm³/mol. The quantitative estimate of drug-likeness (QED) is 0.940. The van der Waals surface area contributed by atoms with Gasteiger partial charge in [-0.1, -0.05) is 32.0 Å². The van der Waals surface area contributed by atoms with Crippen molar-refractivity contribution in [2.45, 2.75) is 39.2 Å². The average Bonchev–Trinajstić information content (AvgIpc) is 2.53. The van der Waals surface area contributed by atoms with Crippen LogP contribution in [0.15, 0.2) is 30.5 Å². The molecular weight excluding hydrogens is 262 g/mol. The molecule has 0 saturated heterocycles. The van der Waals surface area contributed by atoms with Gasteiger partial charge in [0.25, 0.3) is 0 Å². The Morgan fingerprint density at radius 2 is 2.05 bits per heavy atom. The maximum absolute atomic E-state index is 9.69. The lowest BCUT2D eigenvalue weighted by Gasteiger charge is -2.32. The number of para-hydroxylation sites is 1. The van der Waals surface area contributed by atoms with Gasteiger partial charge >= 0.3 is 0 Å². The molecule has 1 aliphatic rings. The van der Waals surface area contributed by atoms with E-state index in [0.717, 1.165) is 30.9 Å². The molecule has 1 N–H and O–H groups in total. The molecule has 2 heterocycles. The summed E-state index contributed by atoms with van der Waals surface area (Å²) in [7, 11) is 0. The lowest BCUT2D eigenvalue weighted by Crippen LogP contribution is -2.26. The van der Waals surface area contributed by atoms with Crippen molar-refractivity contribution in [3.63, 3.8) is 0 Å². The van der Waals surface area contributed by atoms with Crippen LogP contribution in [0, 0.1) is 0 Å². The molecule has 4 nitrogen and oxygen atoms in total. The molecule has 0 aliphatic carbocycles. The topological polar surface area (TPSA) is 49.2 Å². The zero-order chi connectivity index (χ0) is 14.8. The van der Waals surface area contributed by atoms with E-state index in [4.69, 9.17) is 0 Å². The van der Waals surface area contributed by atoms with Crippen LogP contribution in [-0.4, -0.2) is 21.6 Å². The van der Waals surface area contributed by atoms with Crippen molar-refractivity contribution in [2.24, 2.45) is 0 Å². The summed E-state index contributed by atoms with van der Waals surface area (Å²) in [6, 6.07) is 8.43. The number of fused-ring (bicyclic) bond motifs is 1. The van der Waals surface area contributed by atoms with E-state index in [-0.39, 0.29) is 12.5 Å². The van der Waals surface area contributed by atoms with Crippen molar-refractivity contribution in [1.82, 2.24) is 9.97 Å². The fourth-order valence-electron chi connectivity index (χ4n) is 2.83. The minimum atomic E-state index is -0.0593. The third-order valence-electron chi connectivity index (χ3n) is 3.93. The number of aryl methyl sites for hydroxylation is 1. The summed E-state index contributed by atoms with van der Waals surface area (Å²) in [4.78, 5) is 11.2. The van der Waals surface area contributed by atoms with E-state index in [9.17, 15) is 5.11 Å². The molecule has 0 bridgehead atoms. The van der Waals surface area contributed by atoms with Crippen molar-refractivity contribution < 1.29 is 5.11 Å². The van der Waals surface area contributed by atoms with Crippen LogP contribution < -0.4 is 4.90 Å². The monoisotopic (exact) mass is 283 g/mol. The molecule has 0 spiro atoms. The van der Waals surface area contributed by atoms with E-state index >= 15 is 0 Å². The second kappa shape index (κ2) is 5.82. The maximum atomic E-state index is 9.69.